The van der Waals surface area contributed by atoms with Crippen molar-refractivity contribution in [2.45, 2.75) is 13.0 Å². The smallest absolute Gasteiger partial charge is 0.300 e. The van der Waals surface area contributed by atoms with Crippen LogP contribution in [0.1, 0.15) is 22.0 Å². The predicted octanol–water partition coefficient (Wildman–Crippen LogP) is 5.82. The first-order chi connectivity index (χ1) is 15.0. The molecule has 0 saturated carbocycles. The number of carbonyl (C=O) groups excluding carboxylic acids is 2. The van der Waals surface area contributed by atoms with Gasteiger partial charge in [-0.3, -0.25) is 14.5 Å². The van der Waals surface area contributed by atoms with Gasteiger partial charge in [-0.05, 0) is 42.1 Å². The van der Waals surface area contributed by atoms with Gasteiger partial charge in [0.25, 0.3) is 11.7 Å². The molecule has 5 nitrogen and oxygen atoms in total. The Kier molecular flexibility index (Phi) is 4.68. The second-order valence-corrected chi connectivity index (χ2v) is 8.70. The van der Waals surface area contributed by atoms with Gasteiger partial charge in [0.05, 0.1) is 5.57 Å². The second-order valence-electron chi connectivity index (χ2n) is 7.32. The predicted molar refractivity (Wildman–Crippen MR) is 124 cm³/mol. The zero-order valence-corrected chi connectivity index (χ0v) is 18.0. The number of hydrogen-bond donors (Lipinski definition) is 2. The first-order valence-electron chi connectivity index (χ1n) is 9.65. The fraction of sp³-hybridized carbons (Fsp3) is 0.0833. The summed E-state index contributed by atoms with van der Waals surface area (Å²) in [5, 5.41) is 14.4. The molecule has 0 spiro atoms. The molecule has 1 fully saturated rings. The molecule has 1 saturated heterocycles. The highest BCUT2D eigenvalue weighted by Gasteiger charge is 2.48. The van der Waals surface area contributed by atoms with Gasteiger partial charge in [-0.25, -0.2) is 0 Å². The van der Waals surface area contributed by atoms with E-state index in [1.807, 2.05) is 48.7 Å². The Labute approximate surface area is 187 Å². The average molecular weight is 449 g/mol. The molecule has 1 atom stereocenters. The van der Waals surface area contributed by atoms with Gasteiger partial charge in [0.15, 0.2) is 0 Å². The minimum atomic E-state index is -0.745. The summed E-state index contributed by atoms with van der Waals surface area (Å²) in [6.45, 7) is 1.81. The van der Waals surface area contributed by atoms with Crippen LogP contribution in [-0.2, 0) is 9.59 Å². The van der Waals surface area contributed by atoms with Crippen LogP contribution in [0.5, 0.6) is 0 Å². The van der Waals surface area contributed by atoms with Crippen molar-refractivity contribution in [3.8, 4) is 0 Å². The van der Waals surface area contributed by atoms with E-state index >= 15 is 0 Å². The summed E-state index contributed by atoms with van der Waals surface area (Å²) in [7, 11) is 0. The van der Waals surface area contributed by atoms with E-state index in [9.17, 15) is 14.7 Å². The molecule has 1 unspecified atom stereocenters. The quantitative estimate of drug-likeness (QED) is 0.236. The van der Waals surface area contributed by atoms with Crippen LogP contribution in [0.2, 0.25) is 5.02 Å². The molecule has 1 aliphatic heterocycles. The first kappa shape index (κ1) is 19.6. The molecule has 1 amide bonds. The highest BCUT2D eigenvalue weighted by molar-refractivity contribution is 7.10. The Morgan fingerprint density at radius 3 is 2.68 bits per heavy atom. The fourth-order valence-corrected chi connectivity index (χ4v) is 5.06. The number of para-hydroxylation sites is 1. The van der Waals surface area contributed by atoms with Crippen molar-refractivity contribution in [1.29, 1.82) is 0 Å². The summed E-state index contributed by atoms with van der Waals surface area (Å²) in [4.78, 5) is 31.8. The average Bonchev–Trinajstić information content (AvgIpc) is 3.49. The summed E-state index contributed by atoms with van der Waals surface area (Å²) >= 11 is 7.73. The maximum atomic E-state index is 13.2. The molecule has 7 heteroatoms. The number of fused-ring (bicyclic) bond motifs is 1. The molecule has 3 heterocycles. The lowest BCUT2D eigenvalue weighted by Gasteiger charge is -2.26. The fourth-order valence-electron chi connectivity index (χ4n) is 4.07. The number of halogens is 1. The highest BCUT2D eigenvalue weighted by atomic mass is 35.5. The molecule has 2 N–H and O–H groups in total. The maximum absolute atomic E-state index is 13.2. The van der Waals surface area contributed by atoms with Gasteiger partial charge in [-0.2, -0.15) is 0 Å². The molecular weight excluding hydrogens is 432 g/mol. The third kappa shape index (κ3) is 2.99. The van der Waals surface area contributed by atoms with Crippen molar-refractivity contribution in [2.75, 3.05) is 4.90 Å². The van der Waals surface area contributed by atoms with E-state index in [4.69, 9.17) is 11.6 Å². The van der Waals surface area contributed by atoms with E-state index in [2.05, 4.69) is 4.98 Å². The van der Waals surface area contributed by atoms with Crippen molar-refractivity contribution in [2.24, 2.45) is 0 Å². The normalized spacial score (nSPS) is 18.3. The topological polar surface area (TPSA) is 73.4 Å². The van der Waals surface area contributed by atoms with Crippen LogP contribution >= 0.6 is 22.9 Å². The lowest BCUT2D eigenvalue weighted by molar-refractivity contribution is -0.132. The first-order valence-corrected chi connectivity index (χ1v) is 10.9. The SMILES string of the molecule is Cc1c(Cl)cccc1N1C(=O)C(=O)/C(=C(\O)c2c[nH]c3ccccc23)C1c1cccs1. The van der Waals surface area contributed by atoms with Crippen molar-refractivity contribution < 1.29 is 14.7 Å². The molecular formula is C24H17ClN2O3S. The number of aromatic amines is 1. The van der Waals surface area contributed by atoms with Crippen LogP contribution in [0.25, 0.3) is 16.7 Å². The summed E-state index contributed by atoms with van der Waals surface area (Å²) in [5.74, 6) is -1.61. The van der Waals surface area contributed by atoms with Gasteiger partial charge in [0.1, 0.15) is 11.8 Å². The Morgan fingerprint density at radius 2 is 1.90 bits per heavy atom. The minimum Gasteiger partial charge on any atom is -0.507 e. The summed E-state index contributed by atoms with van der Waals surface area (Å²) in [6, 6.07) is 15.7. The van der Waals surface area contributed by atoms with Crippen molar-refractivity contribution in [3.63, 3.8) is 0 Å². The lowest BCUT2D eigenvalue weighted by Crippen LogP contribution is -2.29. The van der Waals surface area contributed by atoms with Gasteiger partial charge in [0.2, 0.25) is 0 Å². The van der Waals surface area contributed by atoms with Gasteiger partial charge in [-0.1, -0.05) is 41.9 Å². The number of nitrogens with one attached hydrogen (secondary N) is 1. The Hall–Kier alpha value is -3.35. The highest BCUT2D eigenvalue weighted by Crippen LogP contribution is 2.45. The molecule has 0 radical (unpaired) electrons. The zero-order valence-electron chi connectivity index (χ0n) is 16.4. The van der Waals surface area contributed by atoms with Crippen molar-refractivity contribution in [3.05, 3.63) is 92.8 Å². The Morgan fingerprint density at radius 1 is 1.10 bits per heavy atom. The van der Waals surface area contributed by atoms with E-state index in [1.165, 1.54) is 16.2 Å². The monoisotopic (exact) mass is 448 g/mol. The number of amides is 1. The number of nitrogens with zero attached hydrogens (tertiary/aromatic N) is 1. The number of Topliss-reactive ketones (excluding diaryl/α,β-unsaturated/α-hetero) is 1. The molecule has 1 aliphatic rings. The number of anilines is 1. The summed E-state index contributed by atoms with van der Waals surface area (Å²) in [5.41, 5.74) is 2.62. The summed E-state index contributed by atoms with van der Waals surface area (Å²) in [6.07, 6.45) is 1.66. The number of aliphatic hydroxyl groups excluding tert-OH is 1. The number of aromatic nitrogens is 1. The van der Waals surface area contributed by atoms with Crippen LogP contribution < -0.4 is 4.90 Å². The number of hydrogen-bond acceptors (Lipinski definition) is 4. The van der Waals surface area contributed by atoms with Crippen molar-refractivity contribution >= 4 is 57.0 Å². The lowest BCUT2D eigenvalue weighted by atomic mass is 9.99. The Balaban J connectivity index is 1.77. The maximum Gasteiger partial charge on any atom is 0.300 e. The zero-order chi connectivity index (χ0) is 21.7. The van der Waals surface area contributed by atoms with E-state index < -0.39 is 17.7 Å². The van der Waals surface area contributed by atoms with Crippen molar-refractivity contribution in [1.82, 2.24) is 4.98 Å². The van der Waals surface area contributed by atoms with E-state index in [1.54, 1.807) is 24.4 Å². The molecule has 0 aliphatic carbocycles. The molecule has 2 aromatic carbocycles. The van der Waals surface area contributed by atoms with Gasteiger partial charge >= 0.3 is 0 Å². The Bertz CT molecular complexity index is 1370. The van der Waals surface area contributed by atoms with E-state index in [0.717, 1.165) is 15.8 Å². The number of ketones is 1. The van der Waals surface area contributed by atoms with Crippen LogP contribution in [0, 0.1) is 6.92 Å². The van der Waals surface area contributed by atoms with Gasteiger partial charge in [0, 0.05) is 38.3 Å². The van der Waals surface area contributed by atoms with Gasteiger partial charge < -0.3 is 10.1 Å². The van der Waals surface area contributed by atoms with E-state index in [-0.39, 0.29) is 11.3 Å². The van der Waals surface area contributed by atoms with Crippen LogP contribution in [0.4, 0.5) is 5.69 Å². The number of aliphatic hydroxyl groups is 1. The number of rotatable bonds is 3. The summed E-state index contributed by atoms with van der Waals surface area (Å²) < 4.78 is 0. The second kappa shape index (κ2) is 7.41. The molecule has 0 bridgehead atoms. The third-order valence-corrected chi connectivity index (χ3v) is 6.93. The van der Waals surface area contributed by atoms with Crippen LogP contribution in [0.15, 0.2) is 71.7 Å². The van der Waals surface area contributed by atoms with Crippen LogP contribution in [-0.4, -0.2) is 21.8 Å². The number of H-pyrrole nitrogens is 1. The third-order valence-electron chi connectivity index (χ3n) is 5.60. The molecule has 2 aromatic heterocycles. The number of thiophene rings is 1. The molecule has 154 valence electrons. The minimum absolute atomic E-state index is 0.0663. The molecule has 31 heavy (non-hydrogen) atoms. The molecule has 5 rings (SSSR count). The standard InChI is InChI=1S/C24H17ClN2O3S/c1-13-16(25)7-4-9-18(13)27-21(19-10-5-11-31-19)20(23(29)24(27)30)22(28)15-12-26-17-8-3-2-6-14(15)17/h2-12,21,26,28H,1H3/b22-20-. The van der Waals surface area contributed by atoms with E-state index in [0.29, 0.717) is 21.8 Å². The van der Waals surface area contributed by atoms with Gasteiger partial charge in [-0.15, -0.1) is 11.3 Å². The number of benzene rings is 2. The van der Waals surface area contributed by atoms with Crippen LogP contribution in [0.3, 0.4) is 0 Å². The number of carbonyl (C=O) groups is 2. The largest absolute Gasteiger partial charge is 0.507 e. The molecule has 4 aromatic rings.